The van der Waals surface area contributed by atoms with E-state index in [4.69, 9.17) is 4.74 Å². The molecule has 0 spiro atoms. The Hall–Kier alpha value is -2.96. The van der Waals surface area contributed by atoms with E-state index in [1.165, 1.54) is 0 Å². The van der Waals surface area contributed by atoms with E-state index in [1.54, 1.807) is 35.5 Å². The maximum absolute atomic E-state index is 5.91. The molecule has 3 aromatic heterocycles. The summed E-state index contributed by atoms with van der Waals surface area (Å²) in [6.07, 6.45) is 6.76. The lowest BCUT2D eigenvalue weighted by Gasteiger charge is -2.09. The Balaban J connectivity index is 1.81. The van der Waals surface area contributed by atoms with Crippen LogP contribution in [0.5, 0.6) is 11.6 Å². The zero-order valence-electron chi connectivity index (χ0n) is 12.4. The molecule has 22 heavy (non-hydrogen) atoms. The SMILES string of the molecule is Cc1nn(C)c(Oc2cccnc2)c1CNc1ncccn1. The highest BCUT2D eigenvalue weighted by Gasteiger charge is 2.15. The van der Waals surface area contributed by atoms with E-state index in [0.29, 0.717) is 24.1 Å². The van der Waals surface area contributed by atoms with Gasteiger partial charge in [0, 0.05) is 25.6 Å². The van der Waals surface area contributed by atoms with Crippen LogP contribution >= 0.6 is 0 Å². The topological polar surface area (TPSA) is 77.8 Å². The lowest BCUT2D eigenvalue weighted by Crippen LogP contribution is -2.05. The van der Waals surface area contributed by atoms with Crippen LogP contribution in [-0.4, -0.2) is 24.7 Å². The molecule has 0 radical (unpaired) electrons. The number of aromatic nitrogens is 5. The number of pyridine rings is 1. The first-order chi connectivity index (χ1) is 10.7. The van der Waals surface area contributed by atoms with Crippen molar-refractivity contribution in [2.45, 2.75) is 13.5 Å². The quantitative estimate of drug-likeness (QED) is 0.778. The third-order valence-corrected chi connectivity index (χ3v) is 3.13. The van der Waals surface area contributed by atoms with Crippen LogP contribution in [0.25, 0.3) is 0 Å². The molecule has 0 aliphatic rings. The van der Waals surface area contributed by atoms with E-state index in [0.717, 1.165) is 11.3 Å². The van der Waals surface area contributed by atoms with Crippen LogP contribution in [0.3, 0.4) is 0 Å². The van der Waals surface area contributed by atoms with Gasteiger partial charge in [0.05, 0.1) is 24.0 Å². The molecule has 112 valence electrons. The fourth-order valence-corrected chi connectivity index (χ4v) is 2.09. The lowest BCUT2D eigenvalue weighted by molar-refractivity contribution is 0.425. The Bertz CT molecular complexity index is 741. The molecule has 3 aromatic rings. The van der Waals surface area contributed by atoms with E-state index in [1.807, 2.05) is 26.1 Å². The van der Waals surface area contributed by atoms with Crippen molar-refractivity contribution in [3.05, 3.63) is 54.2 Å². The summed E-state index contributed by atoms with van der Waals surface area (Å²) in [5.74, 6) is 1.91. The van der Waals surface area contributed by atoms with Crippen LogP contribution < -0.4 is 10.1 Å². The van der Waals surface area contributed by atoms with E-state index < -0.39 is 0 Å². The third kappa shape index (κ3) is 3.03. The first-order valence-corrected chi connectivity index (χ1v) is 6.85. The average Bonchev–Trinajstić information content (AvgIpc) is 2.81. The largest absolute Gasteiger partial charge is 0.437 e. The maximum Gasteiger partial charge on any atom is 0.222 e. The zero-order valence-corrected chi connectivity index (χ0v) is 12.4. The van der Waals surface area contributed by atoms with Gasteiger partial charge in [-0.15, -0.1) is 0 Å². The molecule has 0 atom stereocenters. The lowest BCUT2D eigenvalue weighted by atomic mass is 10.2. The van der Waals surface area contributed by atoms with Crippen LogP contribution in [0.2, 0.25) is 0 Å². The summed E-state index contributed by atoms with van der Waals surface area (Å²) in [5, 5.41) is 7.58. The molecule has 7 nitrogen and oxygen atoms in total. The minimum absolute atomic E-state index is 0.527. The Kier molecular flexibility index (Phi) is 3.95. The number of ether oxygens (including phenoxy) is 1. The van der Waals surface area contributed by atoms with Gasteiger partial charge >= 0.3 is 0 Å². The number of hydrogen-bond donors (Lipinski definition) is 1. The van der Waals surface area contributed by atoms with Gasteiger partial charge in [-0.05, 0) is 25.1 Å². The Morgan fingerprint density at radius 3 is 2.73 bits per heavy atom. The number of rotatable bonds is 5. The predicted molar refractivity (Wildman–Crippen MR) is 81.6 cm³/mol. The summed E-state index contributed by atoms with van der Waals surface area (Å²) < 4.78 is 7.62. The normalized spacial score (nSPS) is 10.5. The predicted octanol–water partition coefficient (Wildman–Crippen LogP) is 2.32. The Morgan fingerprint density at radius 1 is 1.18 bits per heavy atom. The second-order valence-corrected chi connectivity index (χ2v) is 4.71. The van der Waals surface area contributed by atoms with Crippen LogP contribution in [0.15, 0.2) is 43.0 Å². The molecule has 0 aliphatic heterocycles. The third-order valence-electron chi connectivity index (χ3n) is 3.13. The number of nitrogens with zero attached hydrogens (tertiary/aromatic N) is 5. The molecule has 0 aliphatic carbocycles. The molecule has 0 aromatic carbocycles. The molecule has 0 bridgehead atoms. The standard InChI is InChI=1S/C15H16N6O/c1-11-13(10-19-15-17-7-4-8-18-15)14(21(2)20-11)22-12-5-3-6-16-9-12/h3-9H,10H2,1-2H3,(H,17,18,19). The number of hydrogen-bond acceptors (Lipinski definition) is 6. The van der Waals surface area contributed by atoms with Crippen molar-refractivity contribution in [2.24, 2.45) is 7.05 Å². The Morgan fingerprint density at radius 2 is 2.00 bits per heavy atom. The molecule has 0 saturated heterocycles. The average molecular weight is 296 g/mol. The van der Waals surface area contributed by atoms with Gasteiger partial charge in [0.2, 0.25) is 11.8 Å². The molecule has 0 fully saturated rings. The van der Waals surface area contributed by atoms with Crippen molar-refractivity contribution in [3.63, 3.8) is 0 Å². The van der Waals surface area contributed by atoms with Gasteiger partial charge in [0.25, 0.3) is 0 Å². The van der Waals surface area contributed by atoms with E-state index in [9.17, 15) is 0 Å². The summed E-state index contributed by atoms with van der Waals surface area (Å²) in [6, 6.07) is 5.46. The molecule has 0 amide bonds. The molecule has 0 unspecified atom stereocenters. The molecule has 3 heterocycles. The van der Waals surface area contributed by atoms with Crippen molar-refractivity contribution in [1.29, 1.82) is 0 Å². The van der Waals surface area contributed by atoms with Crippen molar-refractivity contribution >= 4 is 5.95 Å². The maximum atomic E-state index is 5.91. The van der Waals surface area contributed by atoms with Crippen molar-refractivity contribution in [1.82, 2.24) is 24.7 Å². The fraction of sp³-hybridized carbons (Fsp3) is 0.200. The monoisotopic (exact) mass is 296 g/mol. The van der Waals surface area contributed by atoms with Crippen LogP contribution in [-0.2, 0) is 13.6 Å². The molecule has 0 saturated carbocycles. The van der Waals surface area contributed by atoms with Crippen LogP contribution in [0.4, 0.5) is 5.95 Å². The summed E-state index contributed by atoms with van der Waals surface area (Å²) in [6.45, 7) is 2.47. The molecular formula is C15H16N6O. The second-order valence-electron chi connectivity index (χ2n) is 4.71. The first-order valence-electron chi connectivity index (χ1n) is 6.85. The van der Waals surface area contributed by atoms with Crippen molar-refractivity contribution in [2.75, 3.05) is 5.32 Å². The highest BCUT2D eigenvalue weighted by Crippen LogP contribution is 2.27. The van der Waals surface area contributed by atoms with E-state index >= 15 is 0 Å². The zero-order chi connectivity index (χ0) is 15.4. The highest BCUT2D eigenvalue weighted by atomic mass is 16.5. The van der Waals surface area contributed by atoms with Crippen LogP contribution in [0.1, 0.15) is 11.3 Å². The van der Waals surface area contributed by atoms with Gasteiger partial charge in [-0.25, -0.2) is 14.6 Å². The Labute approximate surface area is 128 Å². The smallest absolute Gasteiger partial charge is 0.222 e. The summed E-state index contributed by atoms with van der Waals surface area (Å²) in [7, 11) is 1.85. The van der Waals surface area contributed by atoms with Gasteiger partial charge in [-0.2, -0.15) is 5.10 Å². The summed E-state index contributed by atoms with van der Waals surface area (Å²) in [5.41, 5.74) is 1.85. The highest BCUT2D eigenvalue weighted by molar-refractivity contribution is 5.37. The van der Waals surface area contributed by atoms with Crippen molar-refractivity contribution < 1.29 is 4.74 Å². The number of aryl methyl sites for hydroxylation is 2. The minimum Gasteiger partial charge on any atom is -0.437 e. The number of anilines is 1. The molecular weight excluding hydrogens is 280 g/mol. The number of nitrogens with one attached hydrogen (secondary N) is 1. The first kappa shape index (κ1) is 14.0. The van der Waals surface area contributed by atoms with Gasteiger partial charge in [0.1, 0.15) is 5.75 Å². The molecule has 7 heteroatoms. The minimum atomic E-state index is 0.527. The molecule has 1 N–H and O–H groups in total. The summed E-state index contributed by atoms with van der Waals surface area (Å²) >= 11 is 0. The molecule has 3 rings (SSSR count). The van der Waals surface area contributed by atoms with Gasteiger partial charge < -0.3 is 10.1 Å². The van der Waals surface area contributed by atoms with Gasteiger partial charge in [0.15, 0.2) is 0 Å². The van der Waals surface area contributed by atoms with E-state index in [2.05, 4.69) is 25.4 Å². The fourth-order valence-electron chi connectivity index (χ4n) is 2.09. The van der Waals surface area contributed by atoms with Crippen molar-refractivity contribution in [3.8, 4) is 11.6 Å². The van der Waals surface area contributed by atoms with Gasteiger partial charge in [-0.1, -0.05) is 0 Å². The second kappa shape index (κ2) is 6.21. The van der Waals surface area contributed by atoms with Gasteiger partial charge in [-0.3, -0.25) is 4.98 Å². The van der Waals surface area contributed by atoms with Crippen LogP contribution in [0, 0.1) is 6.92 Å². The summed E-state index contributed by atoms with van der Waals surface area (Å²) in [4.78, 5) is 12.3. The van der Waals surface area contributed by atoms with E-state index in [-0.39, 0.29) is 0 Å².